The van der Waals surface area contributed by atoms with Crippen molar-refractivity contribution in [3.63, 3.8) is 0 Å². The Labute approximate surface area is 151 Å². The molecule has 1 aliphatic carbocycles. The lowest BCUT2D eigenvalue weighted by atomic mass is 9.85. The number of likely N-dealkylation sites (tertiary alicyclic amines) is 2. The maximum atomic E-state index is 13.5. The zero-order chi connectivity index (χ0) is 17.4. The Balaban J connectivity index is 1.57. The van der Waals surface area contributed by atoms with Gasteiger partial charge in [0, 0.05) is 37.8 Å². The monoisotopic (exact) mass is 344 g/mol. The van der Waals surface area contributed by atoms with Crippen LogP contribution in [0.2, 0.25) is 0 Å². The molecule has 0 unspecified atom stereocenters. The SMILES string of the molecule is CN1CCC[C@@H]1[C@@H]1CCCN1C(=O)c1cn(C)nc1C1CCCCC1. The van der Waals surface area contributed by atoms with Crippen LogP contribution in [0.4, 0.5) is 0 Å². The fourth-order valence-corrected chi connectivity index (χ4v) is 5.37. The fourth-order valence-electron chi connectivity index (χ4n) is 5.37. The highest BCUT2D eigenvalue weighted by molar-refractivity contribution is 5.95. The van der Waals surface area contributed by atoms with Gasteiger partial charge in [0.15, 0.2) is 0 Å². The first-order valence-electron chi connectivity index (χ1n) is 10.2. The van der Waals surface area contributed by atoms with Crippen molar-refractivity contribution in [2.75, 3.05) is 20.1 Å². The Morgan fingerprint density at radius 3 is 2.40 bits per heavy atom. The number of hydrogen-bond acceptors (Lipinski definition) is 3. The van der Waals surface area contributed by atoms with E-state index in [0.29, 0.717) is 18.0 Å². The molecular formula is C20H32N4O. The first kappa shape index (κ1) is 17.1. The van der Waals surface area contributed by atoms with Crippen molar-refractivity contribution in [3.05, 3.63) is 17.5 Å². The van der Waals surface area contributed by atoms with Gasteiger partial charge in [0.05, 0.1) is 11.3 Å². The van der Waals surface area contributed by atoms with Gasteiger partial charge in [-0.1, -0.05) is 19.3 Å². The number of aryl methyl sites for hydroxylation is 1. The average molecular weight is 345 g/mol. The van der Waals surface area contributed by atoms with Crippen molar-refractivity contribution < 1.29 is 4.79 Å². The van der Waals surface area contributed by atoms with E-state index >= 15 is 0 Å². The van der Waals surface area contributed by atoms with Crippen LogP contribution in [-0.2, 0) is 7.05 Å². The third-order valence-electron chi connectivity index (χ3n) is 6.66. The number of aromatic nitrogens is 2. The molecule has 3 aliphatic rings. The van der Waals surface area contributed by atoms with E-state index in [4.69, 9.17) is 5.10 Å². The number of rotatable bonds is 3. The zero-order valence-corrected chi connectivity index (χ0v) is 15.8. The number of likely N-dealkylation sites (N-methyl/N-ethyl adjacent to an activating group) is 1. The van der Waals surface area contributed by atoms with Gasteiger partial charge in [0.1, 0.15) is 0 Å². The Hall–Kier alpha value is -1.36. The normalized spacial score (nSPS) is 28.8. The molecule has 3 fully saturated rings. The standard InChI is InChI=1S/C20H32N4O/c1-22-12-6-10-17(22)18-11-7-13-24(18)20(25)16-14-23(2)21-19(16)15-8-4-3-5-9-15/h14-15,17-18H,3-13H2,1-2H3/t17-,18+/m1/s1. The highest BCUT2D eigenvalue weighted by Gasteiger charge is 2.40. The van der Waals surface area contributed by atoms with Crippen LogP contribution >= 0.6 is 0 Å². The Kier molecular flexibility index (Phi) is 4.85. The molecule has 2 atom stereocenters. The summed E-state index contributed by atoms with van der Waals surface area (Å²) in [6.07, 6.45) is 13.0. The smallest absolute Gasteiger partial charge is 0.257 e. The summed E-state index contributed by atoms with van der Waals surface area (Å²) in [6, 6.07) is 0.931. The molecule has 0 spiro atoms. The van der Waals surface area contributed by atoms with Crippen molar-refractivity contribution in [1.29, 1.82) is 0 Å². The summed E-state index contributed by atoms with van der Waals surface area (Å²) < 4.78 is 1.85. The van der Waals surface area contributed by atoms with Crippen LogP contribution in [0, 0.1) is 0 Å². The summed E-state index contributed by atoms with van der Waals surface area (Å²) in [4.78, 5) is 18.1. The quantitative estimate of drug-likeness (QED) is 0.846. The van der Waals surface area contributed by atoms with E-state index in [1.165, 1.54) is 51.5 Å². The van der Waals surface area contributed by atoms with Gasteiger partial charge < -0.3 is 9.80 Å². The van der Waals surface area contributed by atoms with E-state index in [0.717, 1.165) is 30.6 Å². The molecule has 0 N–H and O–H groups in total. The maximum absolute atomic E-state index is 13.5. The molecule has 138 valence electrons. The van der Waals surface area contributed by atoms with Crippen LogP contribution in [-0.4, -0.2) is 57.7 Å². The van der Waals surface area contributed by atoms with Gasteiger partial charge in [0.25, 0.3) is 5.91 Å². The van der Waals surface area contributed by atoms with Crippen LogP contribution in [0.25, 0.3) is 0 Å². The molecule has 3 heterocycles. The second-order valence-corrected chi connectivity index (χ2v) is 8.33. The van der Waals surface area contributed by atoms with Gasteiger partial charge in [-0.3, -0.25) is 9.48 Å². The van der Waals surface area contributed by atoms with E-state index < -0.39 is 0 Å². The highest BCUT2D eigenvalue weighted by Crippen LogP contribution is 2.35. The van der Waals surface area contributed by atoms with Gasteiger partial charge in [-0.25, -0.2) is 0 Å². The lowest BCUT2D eigenvalue weighted by Crippen LogP contribution is -2.47. The van der Waals surface area contributed by atoms with Crippen LogP contribution in [0.3, 0.4) is 0 Å². The second-order valence-electron chi connectivity index (χ2n) is 8.33. The van der Waals surface area contributed by atoms with Crippen molar-refractivity contribution in [2.24, 2.45) is 7.05 Å². The van der Waals surface area contributed by atoms with Crippen LogP contribution in [0.15, 0.2) is 6.20 Å². The summed E-state index contributed by atoms with van der Waals surface area (Å²) in [6.45, 7) is 2.08. The summed E-state index contributed by atoms with van der Waals surface area (Å²) in [7, 11) is 4.17. The summed E-state index contributed by atoms with van der Waals surface area (Å²) in [5.41, 5.74) is 1.94. The minimum atomic E-state index is 0.233. The van der Waals surface area contributed by atoms with Crippen LogP contribution in [0.5, 0.6) is 0 Å². The molecule has 5 heteroatoms. The van der Waals surface area contributed by atoms with E-state index in [1.54, 1.807) is 0 Å². The van der Waals surface area contributed by atoms with Crippen LogP contribution < -0.4 is 0 Å². The second kappa shape index (κ2) is 7.10. The number of carbonyl (C=O) groups is 1. The lowest BCUT2D eigenvalue weighted by Gasteiger charge is -2.33. The zero-order valence-electron chi connectivity index (χ0n) is 15.8. The Morgan fingerprint density at radius 2 is 1.68 bits per heavy atom. The molecule has 25 heavy (non-hydrogen) atoms. The van der Waals surface area contributed by atoms with Crippen LogP contribution in [0.1, 0.15) is 79.8 Å². The predicted molar refractivity (Wildman–Crippen MR) is 98.7 cm³/mol. The van der Waals surface area contributed by atoms with E-state index in [-0.39, 0.29) is 5.91 Å². The molecule has 5 nitrogen and oxygen atoms in total. The van der Waals surface area contributed by atoms with Gasteiger partial charge >= 0.3 is 0 Å². The number of carbonyl (C=O) groups excluding carboxylic acids is 1. The summed E-state index contributed by atoms with van der Waals surface area (Å²) in [5.74, 6) is 0.709. The van der Waals surface area contributed by atoms with Gasteiger partial charge in [-0.15, -0.1) is 0 Å². The topological polar surface area (TPSA) is 41.4 Å². The molecule has 1 saturated carbocycles. The van der Waals surface area contributed by atoms with Crippen molar-refractivity contribution in [3.8, 4) is 0 Å². The molecule has 1 amide bonds. The number of hydrogen-bond donors (Lipinski definition) is 0. The molecule has 2 aliphatic heterocycles. The fraction of sp³-hybridized carbons (Fsp3) is 0.800. The molecule has 1 aromatic heterocycles. The minimum Gasteiger partial charge on any atom is -0.334 e. The number of amides is 1. The molecule has 0 radical (unpaired) electrons. The maximum Gasteiger partial charge on any atom is 0.257 e. The van der Waals surface area contributed by atoms with E-state index in [2.05, 4.69) is 16.8 Å². The largest absolute Gasteiger partial charge is 0.334 e. The first-order valence-corrected chi connectivity index (χ1v) is 10.2. The molecule has 0 aromatic carbocycles. The Bertz CT molecular complexity index is 619. The van der Waals surface area contributed by atoms with Gasteiger partial charge in [-0.2, -0.15) is 5.10 Å². The summed E-state index contributed by atoms with van der Waals surface area (Å²) >= 11 is 0. The van der Waals surface area contributed by atoms with Gasteiger partial charge in [0.2, 0.25) is 0 Å². The van der Waals surface area contributed by atoms with Gasteiger partial charge in [-0.05, 0) is 52.1 Å². The minimum absolute atomic E-state index is 0.233. The average Bonchev–Trinajstić information content (AvgIpc) is 3.34. The number of nitrogens with zero attached hydrogens (tertiary/aromatic N) is 4. The third-order valence-corrected chi connectivity index (χ3v) is 6.66. The van der Waals surface area contributed by atoms with Crippen molar-refractivity contribution >= 4 is 5.91 Å². The van der Waals surface area contributed by atoms with E-state index in [1.807, 2.05) is 17.9 Å². The third kappa shape index (κ3) is 3.23. The molecule has 0 bridgehead atoms. The molecule has 4 rings (SSSR count). The van der Waals surface area contributed by atoms with Crippen molar-refractivity contribution in [1.82, 2.24) is 19.6 Å². The molecular weight excluding hydrogens is 312 g/mol. The Morgan fingerprint density at radius 1 is 0.960 bits per heavy atom. The van der Waals surface area contributed by atoms with E-state index in [9.17, 15) is 4.79 Å². The predicted octanol–water partition coefficient (Wildman–Crippen LogP) is 3.17. The molecule has 1 aromatic rings. The van der Waals surface area contributed by atoms with Crippen molar-refractivity contribution in [2.45, 2.75) is 75.8 Å². The molecule has 2 saturated heterocycles. The lowest BCUT2D eigenvalue weighted by molar-refractivity contribution is 0.0662. The highest BCUT2D eigenvalue weighted by atomic mass is 16.2. The summed E-state index contributed by atoms with van der Waals surface area (Å²) in [5, 5.41) is 4.72. The first-order chi connectivity index (χ1) is 12.1.